The monoisotopic (exact) mass is 310 g/mol. The Hall–Kier alpha value is -2.29. The number of carbonyl (C=O) groups is 1. The fourth-order valence-electron chi connectivity index (χ4n) is 2.75. The molecule has 0 spiro atoms. The molecular weight excluding hydrogens is 284 g/mol. The summed E-state index contributed by atoms with van der Waals surface area (Å²) in [5.74, 6) is 0.293. The third kappa shape index (κ3) is 4.85. The number of rotatable bonds is 6. The number of carbonyl (C=O) groups excluding carboxylic acids is 1. The van der Waals surface area contributed by atoms with Gasteiger partial charge in [-0.25, -0.2) is 0 Å². The molecule has 0 heterocycles. The second-order valence-corrected chi connectivity index (χ2v) is 6.44. The molecule has 0 fully saturated rings. The summed E-state index contributed by atoms with van der Waals surface area (Å²) in [6.45, 7) is 6.19. The molecule has 2 unspecified atom stereocenters. The van der Waals surface area contributed by atoms with Gasteiger partial charge in [-0.1, -0.05) is 56.3 Å². The van der Waals surface area contributed by atoms with Crippen molar-refractivity contribution in [2.45, 2.75) is 33.2 Å². The average Bonchev–Trinajstić information content (AvgIpc) is 2.53. The molecule has 0 aliphatic heterocycles. The van der Waals surface area contributed by atoms with Gasteiger partial charge in [-0.15, -0.1) is 0 Å². The zero-order valence-corrected chi connectivity index (χ0v) is 14.1. The van der Waals surface area contributed by atoms with Crippen LogP contribution in [-0.4, -0.2) is 5.91 Å². The lowest BCUT2D eigenvalue weighted by atomic mass is 9.88. The molecule has 0 bridgehead atoms. The standard InChI is InChI=1S/C20H26N2O/c1-14(2)19(13-16-8-7-11-18(21)12-16)20(23)22-15(3)17-9-5-4-6-10-17/h4-12,14-15,19H,13,21H2,1-3H3,(H,22,23). The fourth-order valence-corrected chi connectivity index (χ4v) is 2.75. The normalized spacial score (nSPS) is 13.6. The van der Waals surface area contributed by atoms with E-state index in [1.165, 1.54) is 0 Å². The van der Waals surface area contributed by atoms with Crippen LogP contribution in [0.1, 0.15) is 37.9 Å². The second-order valence-electron chi connectivity index (χ2n) is 6.44. The highest BCUT2D eigenvalue weighted by molar-refractivity contribution is 5.79. The molecule has 3 nitrogen and oxygen atoms in total. The number of anilines is 1. The summed E-state index contributed by atoms with van der Waals surface area (Å²) in [7, 11) is 0. The first-order chi connectivity index (χ1) is 11.0. The fraction of sp³-hybridized carbons (Fsp3) is 0.350. The molecule has 2 atom stereocenters. The molecular formula is C20H26N2O. The third-order valence-corrected chi connectivity index (χ3v) is 4.21. The quantitative estimate of drug-likeness (QED) is 0.793. The van der Waals surface area contributed by atoms with Gasteiger partial charge in [0.1, 0.15) is 0 Å². The molecule has 0 radical (unpaired) electrons. The van der Waals surface area contributed by atoms with E-state index in [1.54, 1.807) is 0 Å². The molecule has 0 aliphatic carbocycles. The number of nitrogens with one attached hydrogen (secondary N) is 1. The highest BCUT2D eigenvalue weighted by Crippen LogP contribution is 2.21. The summed E-state index contributed by atoms with van der Waals surface area (Å²) in [5.41, 5.74) is 8.80. The van der Waals surface area contributed by atoms with E-state index < -0.39 is 0 Å². The van der Waals surface area contributed by atoms with E-state index in [4.69, 9.17) is 5.73 Å². The molecule has 2 aromatic carbocycles. The van der Waals surface area contributed by atoms with Gasteiger partial charge in [0, 0.05) is 11.6 Å². The van der Waals surface area contributed by atoms with E-state index in [2.05, 4.69) is 19.2 Å². The Kier molecular flexibility index (Phi) is 5.80. The van der Waals surface area contributed by atoms with Gasteiger partial charge in [-0.3, -0.25) is 4.79 Å². The molecule has 2 aromatic rings. The van der Waals surface area contributed by atoms with Crippen LogP contribution in [0.3, 0.4) is 0 Å². The highest BCUT2D eigenvalue weighted by atomic mass is 16.1. The van der Waals surface area contributed by atoms with Crippen molar-refractivity contribution in [3.63, 3.8) is 0 Å². The van der Waals surface area contributed by atoms with Crippen molar-refractivity contribution >= 4 is 11.6 Å². The van der Waals surface area contributed by atoms with Crippen molar-refractivity contribution in [2.75, 3.05) is 5.73 Å². The van der Waals surface area contributed by atoms with Crippen molar-refractivity contribution in [1.82, 2.24) is 5.32 Å². The predicted octanol–water partition coefficient (Wildman–Crippen LogP) is 3.96. The zero-order valence-electron chi connectivity index (χ0n) is 14.1. The molecule has 2 rings (SSSR count). The number of nitrogens with two attached hydrogens (primary N) is 1. The molecule has 3 N–H and O–H groups in total. The molecule has 3 heteroatoms. The Morgan fingerprint density at radius 3 is 2.35 bits per heavy atom. The summed E-state index contributed by atoms with van der Waals surface area (Å²) in [5, 5.41) is 3.14. The minimum absolute atomic E-state index is 0.00536. The Labute approximate surface area is 138 Å². The van der Waals surface area contributed by atoms with Gasteiger partial charge in [-0.2, -0.15) is 0 Å². The van der Waals surface area contributed by atoms with Crippen molar-refractivity contribution in [2.24, 2.45) is 11.8 Å². The predicted molar refractivity (Wildman–Crippen MR) is 95.9 cm³/mol. The van der Waals surface area contributed by atoms with Gasteiger partial charge in [0.2, 0.25) is 5.91 Å². The van der Waals surface area contributed by atoms with E-state index in [0.717, 1.165) is 16.8 Å². The van der Waals surface area contributed by atoms with E-state index in [1.807, 2.05) is 61.5 Å². The summed E-state index contributed by atoms with van der Waals surface area (Å²) < 4.78 is 0. The van der Waals surface area contributed by atoms with Gasteiger partial charge >= 0.3 is 0 Å². The maximum absolute atomic E-state index is 12.7. The minimum Gasteiger partial charge on any atom is -0.399 e. The number of nitrogen functional groups attached to an aromatic ring is 1. The van der Waals surface area contributed by atoms with Gasteiger partial charge < -0.3 is 11.1 Å². The number of amides is 1. The minimum atomic E-state index is -0.0667. The van der Waals surface area contributed by atoms with Crippen molar-refractivity contribution in [3.05, 3.63) is 65.7 Å². The SMILES string of the molecule is CC(NC(=O)C(Cc1cccc(N)c1)C(C)C)c1ccccc1. The summed E-state index contributed by atoms with van der Waals surface area (Å²) in [4.78, 5) is 12.7. The average molecular weight is 310 g/mol. The lowest BCUT2D eigenvalue weighted by Crippen LogP contribution is -2.36. The Morgan fingerprint density at radius 2 is 1.74 bits per heavy atom. The van der Waals surface area contributed by atoms with E-state index >= 15 is 0 Å². The lowest BCUT2D eigenvalue weighted by molar-refractivity contribution is -0.127. The summed E-state index contributed by atoms with van der Waals surface area (Å²) in [6.07, 6.45) is 0.704. The van der Waals surface area contributed by atoms with Crippen LogP contribution in [0.2, 0.25) is 0 Å². The van der Waals surface area contributed by atoms with Gasteiger partial charge in [0.15, 0.2) is 0 Å². The van der Waals surface area contributed by atoms with Gasteiger partial charge in [-0.05, 0) is 42.5 Å². The van der Waals surface area contributed by atoms with Crippen LogP contribution in [0.25, 0.3) is 0 Å². The molecule has 0 saturated carbocycles. The molecule has 1 amide bonds. The van der Waals surface area contributed by atoms with Crippen LogP contribution < -0.4 is 11.1 Å². The first-order valence-electron chi connectivity index (χ1n) is 8.17. The molecule has 0 aromatic heterocycles. The summed E-state index contributed by atoms with van der Waals surface area (Å²) >= 11 is 0. The Bertz CT molecular complexity index is 637. The van der Waals surface area contributed by atoms with Crippen LogP contribution >= 0.6 is 0 Å². The van der Waals surface area contributed by atoms with Crippen LogP contribution in [-0.2, 0) is 11.2 Å². The molecule has 0 saturated heterocycles. The maximum Gasteiger partial charge on any atom is 0.224 e. The van der Waals surface area contributed by atoms with E-state index in [0.29, 0.717) is 6.42 Å². The molecule has 23 heavy (non-hydrogen) atoms. The Balaban J connectivity index is 2.06. The van der Waals surface area contributed by atoms with E-state index in [-0.39, 0.29) is 23.8 Å². The topological polar surface area (TPSA) is 55.1 Å². The number of hydrogen-bond donors (Lipinski definition) is 2. The number of hydrogen-bond acceptors (Lipinski definition) is 2. The molecule has 122 valence electrons. The van der Waals surface area contributed by atoms with Crippen molar-refractivity contribution in [1.29, 1.82) is 0 Å². The smallest absolute Gasteiger partial charge is 0.224 e. The van der Waals surface area contributed by atoms with E-state index in [9.17, 15) is 4.79 Å². The van der Waals surface area contributed by atoms with Gasteiger partial charge in [0.05, 0.1) is 6.04 Å². The molecule has 0 aliphatic rings. The zero-order chi connectivity index (χ0) is 16.8. The number of benzene rings is 2. The second kappa shape index (κ2) is 7.82. The van der Waals surface area contributed by atoms with Gasteiger partial charge in [0.25, 0.3) is 0 Å². The first kappa shape index (κ1) is 17.1. The first-order valence-corrected chi connectivity index (χ1v) is 8.17. The maximum atomic E-state index is 12.7. The summed E-state index contributed by atoms with van der Waals surface area (Å²) in [6, 6.07) is 17.8. The van der Waals surface area contributed by atoms with Crippen LogP contribution in [0.15, 0.2) is 54.6 Å². The lowest BCUT2D eigenvalue weighted by Gasteiger charge is -2.23. The highest BCUT2D eigenvalue weighted by Gasteiger charge is 2.24. The third-order valence-electron chi connectivity index (χ3n) is 4.21. The Morgan fingerprint density at radius 1 is 1.04 bits per heavy atom. The van der Waals surface area contributed by atoms with Crippen LogP contribution in [0.5, 0.6) is 0 Å². The van der Waals surface area contributed by atoms with Crippen LogP contribution in [0, 0.1) is 11.8 Å². The van der Waals surface area contributed by atoms with Crippen molar-refractivity contribution in [3.8, 4) is 0 Å². The van der Waals surface area contributed by atoms with Crippen LogP contribution in [0.4, 0.5) is 5.69 Å². The van der Waals surface area contributed by atoms with Crippen molar-refractivity contribution < 1.29 is 4.79 Å². The largest absolute Gasteiger partial charge is 0.399 e.